The molecule has 0 unspecified atom stereocenters. The minimum atomic E-state index is -1.24. The van der Waals surface area contributed by atoms with Gasteiger partial charge in [-0.3, -0.25) is 14.4 Å². The Morgan fingerprint density at radius 1 is 1.19 bits per heavy atom. The molecule has 0 aliphatic carbocycles. The lowest BCUT2D eigenvalue weighted by atomic mass is 9.73. The van der Waals surface area contributed by atoms with Crippen molar-refractivity contribution in [3.63, 3.8) is 0 Å². The van der Waals surface area contributed by atoms with E-state index in [-0.39, 0.29) is 30.0 Å². The summed E-state index contributed by atoms with van der Waals surface area (Å²) in [5.41, 5.74) is 2.11. The molecule has 1 aromatic heterocycles. The smallest absolute Gasteiger partial charge is 0.335 e. The molecule has 7 rings (SSSR count). The van der Waals surface area contributed by atoms with E-state index in [2.05, 4.69) is 24.1 Å². The number of hydrogen-bond donors (Lipinski definition) is 2. The Bertz CT molecular complexity index is 1770. The van der Waals surface area contributed by atoms with E-state index in [1.807, 2.05) is 10.7 Å². The summed E-state index contributed by atoms with van der Waals surface area (Å²) in [6, 6.07) is 14.7. The molecule has 1 saturated heterocycles. The number of halogens is 3. The molecule has 218 valence electrons. The molecule has 4 aromatic rings. The fourth-order valence-electron chi connectivity index (χ4n) is 7.36. The fourth-order valence-corrected chi connectivity index (χ4v) is 7.72. The predicted molar refractivity (Wildman–Crippen MR) is 162 cm³/mol. The van der Waals surface area contributed by atoms with Crippen LogP contribution >= 0.6 is 23.2 Å². The Labute approximate surface area is 253 Å². The van der Waals surface area contributed by atoms with Crippen LogP contribution in [0.5, 0.6) is 0 Å². The lowest BCUT2D eigenvalue weighted by molar-refractivity contribution is -0.128. The van der Waals surface area contributed by atoms with Crippen molar-refractivity contribution < 1.29 is 19.1 Å². The molecule has 1 spiro atoms. The van der Waals surface area contributed by atoms with Crippen molar-refractivity contribution in [2.24, 2.45) is 5.92 Å². The van der Waals surface area contributed by atoms with E-state index in [4.69, 9.17) is 28.3 Å². The number of carboxylic acids is 1. The standard InChI is InChI=1S/C31H27Cl2FN4O3.CH4/c1-15(2)10-11-37-25-14-24-18-8-6-16(29(39)40)12-22(18)36-38(24)28(25)26(19-4-3-5-21(33)27(19)34)31(37)20-9-7-17(32)13-23(20)35-30(31)41;/h3-9,12-13,15,25-26,28H,10-11,14H2,1-2H3,(H,35,41)(H,39,40);1H4/t25-,26-,28+,31+;/m0./s1. The van der Waals surface area contributed by atoms with Gasteiger partial charge >= 0.3 is 5.97 Å². The van der Waals surface area contributed by atoms with Crippen LogP contribution in [-0.2, 0) is 16.8 Å². The van der Waals surface area contributed by atoms with E-state index in [0.29, 0.717) is 40.7 Å². The summed E-state index contributed by atoms with van der Waals surface area (Å²) in [5.74, 6) is -2.14. The first kappa shape index (κ1) is 28.6. The SMILES string of the molecule is C.CC(C)CCN1[C@H]2Cc3c4ccc(C(=O)O)cc4nn3[C@H]2[C@H](c2cccc(Cl)c2F)[C@]12C(=O)Nc1cc(Cl)ccc12. The molecule has 0 saturated carbocycles. The van der Waals surface area contributed by atoms with Gasteiger partial charge in [0.2, 0.25) is 5.91 Å². The van der Waals surface area contributed by atoms with Crippen LogP contribution in [0.15, 0.2) is 54.6 Å². The molecule has 3 aliphatic rings. The summed E-state index contributed by atoms with van der Waals surface area (Å²) >= 11 is 12.7. The van der Waals surface area contributed by atoms with Crippen molar-refractivity contribution in [1.29, 1.82) is 0 Å². The number of anilines is 1. The van der Waals surface area contributed by atoms with Crippen LogP contribution < -0.4 is 5.32 Å². The molecule has 2 N–H and O–H groups in total. The van der Waals surface area contributed by atoms with Crippen LogP contribution in [-0.4, -0.2) is 44.3 Å². The van der Waals surface area contributed by atoms with Crippen molar-refractivity contribution in [3.8, 4) is 0 Å². The van der Waals surface area contributed by atoms with Gasteiger partial charge in [0.1, 0.15) is 11.4 Å². The maximum absolute atomic E-state index is 16.1. The topological polar surface area (TPSA) is 87.5 Å². The molecule has 4 atom stereocenters. The molecule has 7 nitrogen and oxygen atoms in total. The Balaban J connectivity index is 0.00000316. The normalized spacial score (nSPS) is 24.1. The van der Waals surface area contributed by atoms with Gasteiger partial charge in [-0.15, -0.1) is 0 Å². The van der Waals surface area contributed by atoms with Crippen molar-refractivity contribution >= 4 is 51.7 Å². The van der Waals surface area contributed by atoms with Gasteiger partial charge in [0.15, 0.2) is 0 Å². The average Bonchev–Trinajstić information content (AvgIpc) is 3.61. The van der Waals surface area contributed by atoms with Gasteiger partial charge in [0.25, 0.3) is 0 Å². The number of carbonyl (C=O) groups excluding carboxylic acids is 1. The van der Waals surface area contributed by atoms with Gasteiger partial charge in [-0.1, -0.05) is 68.7 Å². The van der Waals surface area contributed by atoms with E-state index in [1.54, 1.807) is 42.5 Å². The number of amides is 1. The number of aromatic carboxylic acids is 1. The van der Waals surface area contributed by atoms with Crippen LogP contribution in [0.3, 0.4) is 0 Å². The predicted octanol–water partition coefficient (Wildman–Crippen LogP) is 7.28. The first-order valence-electron chi connectivity index (χ1n) is 13.7. The van der Waals surface area contributed by atoms with Gasteiger partial charge in [-0.2, -0.15) is 5.10 Å². The van der Waals surface area contributed by atoms with Gasteiger partial charge < -0.3 is 10.4 Å². The molecular formula is C32H31Cl2FN4O3. The number of nitrogens with zero attached hydrogens (tertiary/aromatic N) is 3. The molecule has 10 heteroatoms. The van der Waals surface area contributed by atoms with Crippen molar-refractivity contribution in [2.45, 2.75) is 57.7 Å². The van der Waals surface area contributed by atoms with E-state index in [9.17, 15) is 14.7 Å². The summed E-state index contributed by atoms with van der Waals surface area (Å²) in [6.07, 6.45) is 1.40. The zero-order chi connectivity index (χ0) is 28.8. The molecule has 3 aliphatic heterocycles. The van der Waals surface area contributed by atoms with E-state index in [0.717, 1.165) is 23.1 Å². The number of aromatic nitrogens is 2. The number of carboxylic acid groups (broad SMARTS) is 1. The molecular weight excluding hydrogens is 578 g/mol. The average molecular weight is 610 g/mol. The Morgan fingerprint density at radius 3 is 2.71 bits per heavy atom. The van der Waals surface area contributed by atoms with Crippen LogP contribution in [0.2, 0.25) is 10.0 Å². The summed E-state index contributed by atoms with van der Waals surface area (Å²) in [6.45, 7) is 4.90. The minimum Gasteiger partial charge on any atom is -0.478 e. The summed E-state index contributed by atoms with van der Waals surface area (Å²) < 4.78 is 18.0. The molecule has 1 amide bonds. The third-order valence-corrected chi connectivity index (χ3v) is 9.55. The Morgan fingerprint density at radius 2 is 1.98 bits per heavy atom. The first-order valence-corrected chi connectivity index (χ1v) is 14.4. The molecule has 0 bridgehead atoms. The number of carbonyl (C=O) groups is 2. The third-order valence-electron chi connectivity index (χ3n) is 9.02. The van der Waals surface area contributed by atoms with Crippen LogP contribution in [0.1, 0.15) is 66.8 Å². The number of nitrogens with one attached hydrogen (secondary N) is 1. The van der Waals surface area contributed by atoms with Crippen molar-refractivity contribution in [2.75, 3.05) is 11.9 Å². The largest absolute Gasteiger partial charge is 0.478 e. The van der Waals surface area contributed by atoms with Crippen molar-refractivity contribution in [3.05, 3.63) is 92.8 Å². The number of benzene rings is 3. The summed E-state index contributed by atoms with van der Waals surface area (Å²) in [4.78, 5) is 28.3. The van der Waals surface area contributed by atoms with Gasteiger partial charge in [0.05, 0.1) is 22.1 Å². The zero-order valence-electron chi connectivity index (χ0n) is 22.4. The number of fused-ring (bicyclic) bond motifs is 7. The quantitative estimate of drug-likeness (QED) is 0.249. The van der Waals surface area contributed by atoms with Crippen LogP contribution in [0, 0.1) is 11.7 Å². The fraction of sp³-hybridized carbons (Fsp3) is 0.344. The lowest BCUT2D eigenvalue weighted by Gasteiger charge is -2.40. The van der Waals surface area contributed by atoms with E-state index in [1.165, 1.54) is 6.07 Å². The highest BCUT2D eigenvalue weighted by Gasteiger charge is 2.69. The van der Waals surface area contributed by atoms with Gasteiger partial charge in [0, 0.05) is 52.3 Å². The zero-order valence-corrected chi connectivity index (χ0v) is 23.9. The van der Waals surface area contributed by atoms with Crippen molar-refractivity contribution in [1.82, 2.24) is 14.7 Å². The molecule has 0 radical (unpaired) electrons. The summed E-state index contributed by atoms with van der Waals surface area (Å²) in [7, 11) is 0. The minimum absolute atomic E-state index is 0. The number of hydrogen-bond acceptors (Lipinski definition) is 4. The highest BCUT2D eigenvalue weighted by Crippen LogP contribution is 2.63. The number of rotatable bonds is 5. The van der Waals surface area contributed by atoms with E-state index >= 15 is 4.39 Å². The monoisotopic (exact) mass is 608 g/mol. The second-order valence-corrected chi connectivity index (χ2v) is 12.4. The highest BCUT2D eigenvalue weighted by molar-refractivity contribution is 6.31. The molecule has 42 heavy (non-hydrogen) atoms. The van der Waals surface area contributed by atoms with Gasteiger partial charge in [-0.05, 0) is 48.2 Å². The second-order valence-electron chi connectivity index (χ2n) is 11.6. The van der Waals surface area contributed by atoms with Crippen LogP contribution in [0.4, 0.5) is 10.1 Å². The molecule has 4 heterocycles. The van der Waals surface area contributed by atoms with Gasteiger partial charge in [-0.25, -0.2) is 9.18 Å². The molecule has 3 aromatic carbocycles. The number of likely N-dealkylation sites (tertiary alicyclic amines) is 1. The molecule has 1 fully saturated rings. The maximum Gasteiger partial charge on any atom is 0.335 e. The van der Waals surface area contributed by atoms with Crippen LogP contribution in [0.25, 0.3) is 10.9 Å². The maximum atomic E-state index is 16.1. The first-order chi connectivity index (χ1) is 19.6. The Hall–Kier alpha value is -3.46. The highest BCUT2D eigenvalue weighted by atomic mass is 35.5. The third kappa shape index (κ3) is 3.85. The second kappa shape index (κ2) is 10.1. The Kier molecular flexibility index (Phi) is 6.87. The summed E-state index contributed by atoms with van der Waals surface area (Å²) in [5, 5.41) is 18.9. The van der Waals surface area contributed by atoms with E-state index < -0.39 is 29.3 Å². The lowest BCUT2D eigenvalue weighted by Crippen LogP contribution is -2.53.